The Labute approximate surface area is 150 Å². The molecule has 1 amide bonds. The summed E-state index contributed by atoms with van der Waals surface area (Å²) in [5, 5.41) is 13.2. The van der Waals surface area contributed by atoms with Gasteiger partial charge < -0.3 is 15.3 Å². The number of amides is 1. The Morgan fingerprint density at radius 2 is 1.84 bits per heavy atom. The molecule has 4 heteroatoms. The summed E-state index contributed by atoms with van der Waals surface area (Å²) in [6.07, 6.45) is 8.34. The van der Waals surface area contributed by atoms with Crippen molar-refractivity contribution in [3.8, 4) is 0 Å². The summed E-state index contributed by atoms with van der Waals surface area (Å²) in [6, 6.07) is 8.81. The van der Waals surface area contributed by atoms with Crippen molar-refractivity contribution >= 4 is 5.91 Å². The van der Waals surface area contributed by atoms with E-state index in [0.717, 1.165) is 26.1 Å². The van der Waals surface area contributed by atoms with Gasteiger partial charge in [0.2, 0.25) is 0 Å². The topological polar surface area (TPSA) is 57.2 Å². The summed E-state index contributed by atoms with van der Waals surface area (Å²) in [5.41, 5.74) is 1.58. The third-order valence-electron chi connectivity index (χ3n) is 6.61. The second-order valence-corrected chi connectivity index (χ2v) is 8.19. The highest BCUT2D eigenvalue weighted by Crippen LogP contribution is 2.43. The fraction of sp³-hybridized carbons (Fsp3) is 0.667. The van der Waals surface area contributed by atoms with Crippen LogP contribution in [0.25, 0.3) is 0 Å². The zero-order valence-electron chi connectivity index (χ0n) is 15.1. The lowest BCUT2D eigenvalue weighted by Crippen LogP contribution is -2.88. The normalized spacial score (nSPS) is 26.9. The molecule has 2 fully saturated rings. The highest BCUT2D eigenvalue weighted by molar-refractivity contribution is 5.85. The number of aliphatic hydroxyl groups is 1. The van der Waals surface area contributed by atoms with E-state index in [1.54, 1.807) is 0 Å². The van der Waals surface area contributed by atoms with Gasteiger partial charge in [0, 0.05) is 19.4 Å². The van der Waals surface area contributed by atoms with Crippen molar-refractivity contribution in [1.82, 2.24) is 4.90 Å². The summed E-state index contributed by atoms with van der Waals surface area (Å²) in [4.78, 5) is 15.5. The number of nitrogens with two attached hydrogens (primary N) is 1. The first-order chi connectivity index (χ1) is 12.2. The molecule has 1 aromatic rings. The van der Waals surface area contributed by atoms with Crippen molar-refractivity contribution in [3.05, 3.63) is 35.4 Å². The molecule has 0 spiro atoms. The van der Waals surface area contributed by atoms with Crippen LogP contribution < -0.4 is 5.32 Å². The first kappa shape index (κ1) is 17.0. The van der Waals surface area contributed by atoms with Gasteiger partial charge in [-0.15, -0.1) is 0 Å². The Kier molecular flexibility index (Phi) is 4.83. The average Bonchev–Trinajstić information content (AvgIpc) is 2.68. The smallest absolute Gasteiger partial charge is 0.255 e. The Hall–Kier alpha value is -1.39. The van der Waals surface area contributed by atoms with E-state index >= 15 is 0 Å². The maximum atomic E-state index is 13.4. The third-order valence-corrected chi connectivity index (χ3v) is 6.61. The molecule has 0 radical (unpaired) electrons. The maximum absolute atomic E-state index is 13.4. The summed E-state index contributed by atoms with van der Waals surface area (Å²) >= 11 is 0. The van der Waals surface area contributed by atoms with Gasteiger partial charge in [-0.05, 0) is 36.3 Å². The van der Waals surface area contributed by atoms with Gasteiger partial charge in [0.15, 0.2) is 5.60 Å². The number of nitrogens with zero attached hydrogens (tertiary/aromatic N) is 1. The van der Waals surface area contributed by atoms with Crippen LogP contribution in [0.4, 0.5) is 0 Å². The third kappa shape index (κ3) is 3.22. The average molecular weight is 343 g/mol. The van der Waals surface area contributed by atoms with Crippen molar-refractivity contribution in [2.75, 3.05) is 19.6 Å². The van der Waals surface area contributed by atoms with Gasteiger partial charge in [-0.2, -0.15) is 0 Å². The second kappa shape index (κ2) is 7.08. The van der Waals surface area contributed by atoms with E-state index in [4.69, 9.17) is 0 Å². The molecule has 4 rings (SSSR count). The van der Waals surface area contributed by atoms with Gasteiger partial charge in [0.25, 0.3) is 5.91 Å². The van der Waals surface area contributed by atoms with Crippen LogP contribution in [0.5, 0.6) is 0 Å². The van der Waals surface area contributed by atoms with Crippen molar-refractivity contribution in [3.63, 3.8) is 0 Å². The Bertz CT molecular complexity index is 618. The Balaban J connectivity index is 1.66. The molecule has 1 aromatic carbocycles. The van der Waals surface area contributed by atoms with Crippen LogP contribution in [0.3, 0.4) is 0 Å². The summed E-state index contributed by atoms with van der Waals surface area (Å²) in [7, 11) is 0. The quantitative estimate of drug-likeness (QED) is 0.860. The molecule has 3 aliphatic rings. The van der Waals surface area contributed by atoms with Gasteiger partial charge in [-0.3, -0.25) is 4.79 Å². The predicted molar refractivity (Wildman–Crippen MR) is 97.0 cm³/mol. The Morgan fingerprint density at radius 1 is 1.12 bits per heavy atom. The molecule has 0 bridgehead atoms. The van der Waals surface area contributed by atoms with Crippen LogP contribution in [0.1, 0.15) is 62.1 Å². The van der Waals surface area contributed by atoms with Crippen molar-refractivity contribution in [1.29, 1.82) is 0 Å². The highest BCUT2D eigenvalue weighted by atomic mass is 16.3. The minimum atomic E-state index is -1.14. The maximum Gasteiger partial charge on any atom is 0.255 e. The van der Waals surface area contributed by atoms with Crippen LogP contribution in [-0.4, -0.2) is 41.1 Å². The summed E-state index contributed by atoms with van der Waals surface area (Å²) in [6.45, 7) is 2.45. The zero-order chi connectivity index (χ0) is 17.3. The molecule has 2 heterocycles. The molecule has 1 atom stereocenters. The van der Waals surface area contributed by atoms with Crippen LogP contribution in [0.15, 0.2) is 24.3 Å². The first-order valence-electron chi connectivity index (χ1n) is 10.1. The zero-order valence-corrected chi connectivity index (χ0v) is 15.1. The van der Waals surface area contributed by atoms with E-state index in [1.165, 1.54) is 43.2 Å². The van der Waals surface area contributed by atoms with E-state index < -0.39 is 5.60 Å². The minimum absolute atomic E-state index is 0.00863. The first-order valence-corrected chi connectivity index (χ1v) is 10.1. The number of benzene rings is 1. The number of carbonyl (C=O) groups excluding carboxylic acids is 1. The number of fused-ring (bicyclic) bond motifs is 1. The monoisotopic (exact) mass is 343 g/mol. The number of hydrogen-bond donors (Lipinski definition) is 2. The van der Waals surface area contributed by atoms with Gasteiger partial charge in [0.05, 0.1) is 19.1 Å². The number of piperidine rings is 1. The molecule has 25 heavy (non-hydrogen) atoms. The van der Waals surface area contributed by atoms with Crippen LogP contribution in [-0.2, 0) is 11.2 Å². The number of hydrogen-bond acceptors (Lipinski definition) is 2. The molecular weight excluding hydrogens is 312 g/mol. The molecule has 2 aliphatic heterocycles. The lowest BCUT2D eigenvalue weighted by atomic mass is 9.76. The summed E-state index contributed by atoms with van der Waals surface area (Å²) in [5.74, 6) is 0.531. The van der Waals surface area contributed by atoms with Gasteiger partial charge >= 0.3 is 0 Å². The molecule has 1 unspecified atom stereocenters. The second-order valence-electron chi connectivity index (χ2n) is 8.19. The standard InChI is InChI=1S/C21H30N2O2/c24-20(21(25)11-13-22-14-12-21)23-15-10-16-6-4-5-9-18(16)19(23)17-7-2-1-3-8-17/h4-6,9,17,19,22,25H,1-3,7-8,10-15H2/p+1. The van der Waals surface area contributed by atoms with Gasteiger partial charge in [0.1, 0.15) is 0 Å². The minimum Gasteiger partial charge on any atom is -0.380 e. The van der Waals surface area contributed by atoms with Crippen LogP contribution >= 0.6 is 0 Å². The lowest BCUT2D eigenvalue weighted by Gasteiger charge is -2.46. The van der Waals surface area contributed by atoms with Crippen molar-refractivity contribution in [2.24, 2.45) is 5.92 Å². The fourth-order valence-corrected chi connectivity index (χ4v) is 5.22. The van der Waals surface area contributed by atoms with Gasteiger partial charge in [-0.25, -0.2) is 0 Å². The number of quaternary nitrogens is 1. The molecule has 1 aliphatic carbocycles. The molecule has 4 nitrogen and oxygen atoms in total. The molecule has 136 valence electrons. The lowest BCUT2D eigenvalue weighted by molar-refractivity contribution is -0.667. The molecule has 0 aromatic heterocycles. The van der Waals surface area contributed by atoms with E-state index in [-0.39, 0.29) is 11.9 Å². The van der Waals surface area contributed by atoms with E-state index in [2.05, 4.69) is 34.5 Å². The molecule has 1 saturated heterocycles. The molecule has 1 saturated carbocycles. The van der Waals surface area contributed by atoms with Crippen molar-refractivity contribution in [2.45, 2.75) is 63.0 Å². The Morgan fingerprint density at radius 3 is 2.60 bits per heavy atom. The van der Waals surface area contributed by atoms with E-state index in [9.17, 15) is 9.90 Å². The fourth-order valence-electron chi connectivity index (χ4n) is 5.22. The number of rotatable bonds is 2. The van der Waals surface area contributed by atoms with Crippen LogP contribution in [0.2, 0.25) is 0 Å². The van der Waals surface area contributed by atoms with Gasteiger partial charge in [-0.1, -0.05) is 43.5 Å². The summed E-state index contributed by atoms with van der Waals surface area (Å²) < 4.78 is 0. The molecule has 3 N–H and O–H groups in total. The van der Waals surface area contributed by atoms with E-state index in [1.807, 2.05) is 0 Å². The predicted octanol–water partition coefficient (Wildman–Crippen LogP) is 1.78. The van der Waals surface area contributed by atoms with Crippen LogP contribution in [0, 0.1) is 5.92 Å². The SMILES string of the molecule is O=C(N1CCc2ccccc2C1C1CCCCC1)C1(O)CC[NH2+]CC1. The number of carbonyl (C=O) groups is 1. The molecular formula is C21H31N2O2+. The van der Waals surface area contributed by atoms with E-state index in [0.29, 0.717) is 18.8 Å². The largest absolute Gasteiger partial charge is 0.380 e. The highest BCUT2D eigenvalue weighted by Gasteiger charge is 2.46. The van der Waals surface area contributed by atoms with Crippen molar-refractivity contribution < 1.29 is 15.2 Å².